The van der Waals surface area contributed by atoms with Gasteiger partial charge >= 0.3 is 0 Å². The molecule has 0 spiro atoms. The summed E-state index contributed by atoms with van der Waals surface area (Å²) in [4.78, 5) is 19.2. The normalized spacial score (nSPS) is 17.1. The summed E-state index contributed by atoms with van der Waals surface area (Å²) in [7, 11) is 0. The highest BCUT2D eigenvalue weighted by atomic mass is 35.5. The van der Waals surface area contributed by atoms with E-state index in [1.54, 1.807) is 23.1 Å². The van der Waals surface area contributed by atoms with Crippen LogP contribution < -0.4 is 0 Å². The molecule has 1 aromatic heterocycles. The van der Waals surface area contributed by atoms with Crippen molar-refractivity contribution >= 4 is 29.1 Å². The topological polar surface area (TPSA) is 59.2 Å². The lowest BCUT2D eigenvalue weighted by Crippen LogP contribution is -2.39. The average molecular weight is 402 g/mol. The van der Waals surface area contributed by atoms with Crippen molar-refractivity contribution in [3.63, 3.8) is 0 Å². The van der Waals surface area contributed by atoms with Gasteiger partial charge in [-0.1, -0.05) is 58.7 Å². The zero-order valence-corrected chi connectivity index (χ0v) is 16.0. The minimum atomic E-state index is -0.0685. The van der Waals surface area contributed by atoms with Crippen molar-refractivity contribution in [3.05, 3.63) is 70.0 Å². The summed E-state index contributed by atoms with van der Waals surface area (Å²) in [5.41, 5.74) is 1.44. The van der Waals surface area contributed by atoms with Crippen LogP contribution >= 0.6 is 23.2 Å². The number of nitrogens with zero attached hydrogens (tertiary/aromatic N) is 3. The van der Waals surface area contributed by atoms with Crippen molar-refractivity contribution in [1.29, 1.82) is 0 Å². The molecule has 3 aromatic rings. The molecule has 0 N–H and O–H groups in total. The first-order chi connectivity index (χ1) is 13.1. The number of amides is 1. The summed E-state index contributed by atoms with van der Waals surface area (Å²) in [6.45, 7) is 1.23. The zero-order chi connectivity index (χ0) is 18.8. The van der Waals surface area contributed by atoms with E-state index in [4.69, 9.17) is 27.7 Å². The minimum absolute atomic E-state index is 0.0236. The molecule has 2 heterocycles. The summed E-state index contributed by atoms with van der Waals surface area (Å²) >= 11 is 12.0. The van der Waals surface area contributed by atoms with Gasteiger partial charge in [-0.05, 0) is 31.0 Å². The van der Waals surface area contributed by atoms with E-state index in [0.717, 1.165) is 18.4 Å². The Morgan fingerprint density at radius 1 is 1.11 bits per heavy atom. The Morgan fingerprint density at radius 2 is 1.93 bits per heavy atom. The van der Waals surface area contributed by atoms with Crippen molar-refractivity contribution < 1.29 is 9.32 Å². The summed E-state index contributed by atoms with van der Waals surface area (Å²) in [6.07, 6.45) is 1.78. The predicted molar refractivity (Wildman–Crippen MR) is 104 cm³/mol. The van der Waals surface area contributed by atoms with E-state index in [9.17, 15) is 4.79 Å². The van der Waals surface area contributed by atoms with E-state index in [-0.39, 0.29) is 11.8 Å². The lowest BCUT2D eigenvalue weighted by Gasteiger charge is -2.31. The second-order valence-corrected chi connectivity index (χ2v) is 7.36. The van der Waals surface area contributed by atoms with Gasteiger partial charge < -0.3 is 9.42 Å². The number of benzene rings is 2. The molecule has 1 fully saturated rings. The highest BCUT2D eigenvalue weighted by Crippen LogP contribution is 2.29. The van der Waals surface area contributed by atoms with Crippen LogP contribution in [0.3, 0.4) is 0 Å². The Bertz CT molecular complexity index is 959. The van der Waals surface area contributed by atoms with Crippen LogP contribution in [-0.4, -0.2) is 34.0 Å². The number of hydrogen-bond acceptors (Lipinski definition) is 4. The molecule has 27 heavy (non-hydrogen) atoms. The first kappa shape index (κ1) is 18.0. The second-order valence-electron chi connectivity index (χ2n) is 6.54. The summed E-state index contributed by atoms with van der Waals surface area (Å²) in [6, 6.07) is 14.6. The van der Waals surface area contributed by atoms with E-state index in [1.807, 2.05) is 30.3 Å². The van der Waals surface area contributed by atoms with E-state index in [0.29, 0.717) is 40.4 Å². The fraction of sp³-hybridized carbons (Fsp3) is 0.250. The van der Waals surface area contributed by atoms with Crippen LogP contribution in [0.25, 0.3) is 11.4 Å². The first-order valence-electron chi connectivity index (χ1n) is 8.75. The van der Waals surface area contributed by atoms with E-state index < -0.39 is 0 Å². The van der Waals surface area contributed by atoms with E-state index in [2.05, 4.69) is 10.1 Å². The number of hydrogen-bond donors (Lipinski definition) is 0. The summed E-state index contributed by atoms with van der Waals surface area (Å²) < 4.78 is 5.49. The smallest absolute Gasteiger partial charge is 0.253 e. The van der Waals surface area contributed by atoms with Gasteiger partial charge in [0.1, 0.15) is 0 Å². The van der Waals surface area contributed by atoms with Gasteiger partial charge in [-0.3, -0.25) is 4.79 Å². The molecule has 1 unspecified atom stereocenters. The number of carbonyl (C=O) groups excluding carboxylic acids is 1. The van der Waals surface area contributed by atoms with Gasteiger partial charge in [-0.2, -0.15) is 4.98 Å². The molecule has 0 bridgehead atoms. The lowest BCUT2D eigenvalue weighted by molar-refractivity contribution is 0.0695. The second kappa shape index (κ2) is 7.71. The molecular weight excluding hydrogens is 385 g/mol. The van der Waals surface area contributed by atoms with Crippen LogP contribution in [0.15, 0.2) is 53.1 Å². The molecular formula is C20H17Cl2N3O2. The van der Waals surface area contributed by atoms with Gasteiger partial charge in [0.15, 0.2) is 0 Å². The molecule has 4 rings (SSSR count). The predicted octanol–water partition coefficient (Wildman–Crippen LogP) is 5.06. The Morgan fingerprint density at radius 3 is 2.70 bits per heavy atom. The van der Waals surface area contributed by atoms with Gasteiger partial charge in [0.2, 0.25) is 11.7 Å². The Balaban J connectivity index is 1.50. The largest absolute Gasteiger partial charge is 0.339 e. The molecule has 1 saturated heterocycles. The van der Waals surface area contributed by atoms with Crippen LogP contribution in [0.1, 0.15) is 35.0 Å². The molecule has 0 saturated carbocycles. The third-order valence-electron chi connectivity index (χ3n) is 4.70. The number of halogens is 2. The highest BCUT2D eigenvalue weighted by Gasteiger charge is 2.29. The van der Waals surface area contributed by atoms with Gasteiger partial charge in [0.05, 0.1) is 16.0 Å². The Hall–Kier alpha value is -2.37. The Labute approximate surface area is 166 Å². The quantitative estimate of drug-likeness (QED) is 0.614. The summed E-state index contributed by atoms with van der Waals surface area (Å²) in [5, 5.41) is 4.90. The maximum atomic E-state index is 12.8. The van der Waals surface area contributed by atoms with Crippen LogP contribution in [0.4, 0.5) is 0 Å². The molecule has 1 aliphatic rings. The summed E-state index contributed by atoms with van der Waals surface area (Å²) in [5.74, 6) is 1.09. The average Bonchev–Trinajstić information content (AvgIpc) is 3.21. The molecule has 1 amide bonds. The van der Waals surface area contributed by atoms with Gasteiger partial charge in [-0.15, -0.1) is 0 Å². The number of aromatic nitrogens is 2. The van der Waals surface area contributed by atoms with Gasteiger partial charge in [0, 0.05) is 24.2 Å². The third kappa shape index (κ3) is 3.84. The highest BCUT2D eigenvalue weighted by molar-refractivity contribution is 6.42. The van der Waals surface area contributed by atoms with Crippen LogP contribution in [-0.2, 0) is 0 Å². The van der Waals surface area contributed by atoms with Crippen molar-refractivity contribution in [2.75, 3.05) is 13.1 Å². The molecule has 138 valence electrons. The molecule has 0 radical (unpaired) electrons. The van der Waals surface area contributed by atoms with Crippen molar-refractivity contribution in [3.8, 4) is 11.4 Å². The van der Waals surface area contributed by atoms with E-state index in [1.165, 1.54) is 0 Å². The molecule has 7 heteroatoms. The van der Waals surface area contributed by atoms with E-state index >= 15 is 0 Å². The van der Waals surface area contributed by atoms with Crippen molar-refractivity contribution in [2.24, 2.45) is 0 Å². The van der Waals surface area contributed by atoms with Crippen molar-refractivity contribution in [2.45, 2.75) is 18.8 Å². The molecule has 1 aliphatic heterocycles. The Kier molecular flexibility index (Phi) is 5.14. The number of likely N-dealkylation sites (tertiary alicyclic amines) is 1. The fourth-order valence-electron chi connectivity index (χ4n) is 3.28. The van der Waals surface area contributed by atoms with Crippen LogP contribution in [0.5, 0.6) is 0 Å². The number of rotatable bonds is 3. The van der Waals surface area contributed by atoms with Crippen LogP contribution in [0.2, 0.25) is 10.0 Å². The minimum Gasteiger partial charge on any atom is -0.339 e. The third-order valence-corrected chi connectivity index (χ3v) is 5.44. The van der Waals surface area contributed by atoms with Crippen LogP contribution in [0, 0.1) is 0 Å². The first-order valence-corrected chi connectivity index (χ1v) is 9.51. The van der Waals surface area contributed by atoms with Gasteiger partial charge in [-0.25, -0.2) is 0 Å². The molecule has 5 nitrogen and oxygen atoms in total. The molecule has 0 aliphatic carbocycles. The maximum Gasteiger partial charge on any atom is 0.253 e. The SMILES string of the molecule is O=C(c1ccc(Cl)c(Cl)c1)N1CCCC(c2nc(-c3ccccc3)no2)C1. The zero-order valence-electron chi connectivity index (χ0n) is 14.4. The maximum absolute atomic E-state index is 12.8. The standard InChI is InChI=1S/C20H17Cl2N3O2/c21-16-9-8-14(11-17(16)22)20(26)25-10-4-7-15(12-25)19-23-18(24-27-19)13-5-2-1-3-6-13/h1-3,5-6,8-9,11,15H,4,7,10,12H2. The monoisotopic (exact) mass is 401 g/mol. The fourth-order valence-corrected chi connectivity index (χ4v) is 3.58. The van der Waals surface area contributed by atoms with Crippen molar-refractivity contribution in [1.82, 2.24) is 15.0 Å². The number of piperidine rings is 1. The molecule has 2 aromatic carbocycles. The molecule has 1 atom stereocenters. The lowest BCUT2D eigenvalue weighted by atomic mass is 9.97. The number of carbonyl (C=O) groups is 1. The van der Waals surface area contributed by atoms with Gasteiger partial charge in [0.25, 0.3) is 5.91 Å².